The number of ether oxygens (including phenoxy) is 1. The Morgan fingerprint density at radius 2 is 2.29 bits per heavy atom. The third kappa shape index (κ3) is 2.90. The van der Waals surface area contributed by atoms with Gasteiger partial charge >= 0.3 is 0 Å². The predicted octanol–water partition coefficient (Wildman–Crippen LogP) is 1.23. The summed E-state index contributed by atoms with van der Waals surface area (Å²) in [7, 11) is 1.64. The smallest absolute Gasteiger partial charge is 0.121 e. The van der Waals surface area contributed by atoms with Crippen LogP contribution in [0.25, 0.3) is 0 Å². The van der Waals surface area contributed by atoms with Crippen molar-refractivity contribution in [2.75, 3.05) is 26.0 Å². The van der Waals surface area contributed by atoms with Crippen LogP contribution in [0.1, 0.15) is 18.4 Å². The van der Waals surface area contributed by atoms with Crippen molar-refractivity contribution in [2.24, 2.45) is 0 Å². The first-order valence-electron chi connectivity index (χ1n) is 6.01. The normalized spacial score (nSPS) is 20.7. The van der Waals surface area contributed by atoms with Gasteiger partial charge in [-0.3, -0.25) is 4.90 Å². The summed E-state index contributed by atoms with van der Waals surface area (Å²) in [4.78, 5) is 2.30. The SMILES string of the molecule is COc1cc(N)cc(CN2CCCC2CO)c1. The Morgan fingerprint density at radius 3 is 3.00 bits per heavy atom. The van der Waals surface area contributed by atoms with Crippen LogP contribution in [0, 0.1) is 0 Å². The van der Waals surface area contributed by atoms with Gasteiger partial charge in [-0.15, -0.1) is 0 Å². The lowest BCUT2D eigenvalue weighted by Gasteiger charge is -2.23. The largest absolute Gasteiger partial charge is 0.497 e. The minimum Gasteiger partial charge on any atom is -0.497 e. The van der Waals surface area contributed by atoms with Gasteiger partial charge in [0.2, 0.25) is 0 Å². The lowest BCUT2D eigenvalue weighted by Crippen LogP contribution is -2.31. The van der Waals surface area contributed by atoms with Gasteiger partial charge in [0, 0.05) is 24.3 Å². The summed E-state index contributed by atoms with van der Waals surface area (Å²) in [5.41, 5.74) is 7.69. The maximum absolute atomic E-state index is 9.28. The number of nitrogens with two attached hydrogens (primary N) is 1. The summed E-state index contributed by atoms with van der Waals surface area (Å²) < 4.78 is 5.21. The van der Waals surface area contributed by atoms with Crippen molar-refractivity contribution in [3.63, 3.8) is 0 Å². The Balaban J connectivity index is 2.09. The van der Waals surface area contributed by atoms with Crippen LogP contribution in [-0.4, -0.2) is 36.3 Å². The molecule has 1 atom stereocenters. The zero-order chi connectivity index (χ0) is 12.3. The molecule has 4 heteroatoms. The van der Waals surface area contributed by atoms with Crippen LogP contribution in [0.4, 0.5) is 5.69 Å². The second-order valence-corrected chi connectivity index (χ2v) is 4.56. The van der Waals surface area contributed by atoms with E-state index in [9.17, 15) is 5.11 Å². The fraction of sp³-hybridized carbons (Fsp3) is 0.538. The molecule has 1 aliphatic heterocycles. The monoisotopic (exact) mass is 236 g/mol. The quantitative estimate of drug-likeness (QED) is 0.772. The zero-order valence-corrected chi connectivity index (χ0v) is 10.2. The lowest BCUT2D eigenvalue weighted by molar-refractivity contribution is 0.153. The van der Waals surface area contributed by atoms with Gasteiger partial charge in [0.25, 0.3) is 0 Å². The van der Waals surface area contributed by atoms with E-state index in [-0.39, 0.29) is 6.61 Å². The summed E-state index contributed by atoms with van der Waals surface area (Å²) >= 11 is 0. The van der Waals surface area contributed by atoms with Gasteiger partial charge in [-0.2, -0.15) is 0 Å². The van der Waals surface area contributed by atoms with Crippen molar-refractivity contribution in [3.8, 4) is 5.75 Å². The summed E-state index contributed by atoms with van der Waals surface area (Å²) in [5, 5.41) is 9.28. The maximum Gasteiger partial charge on any atom is 0.121 e. The second kappa shape index (κ2) is 5.38. The minimum atomic E-state index is 0.236. The maximum atomic E-state index is 9.28. The molecule has 0 saturated carbocycles. The Kier molecular flexibility index (Phi) is 3.86. The van der Waals surface area contributed by atoms with Crippen LogP contribution >= 0.6 is 0 Å². The number of hydrogen-bond acceptors (Lipinski definition) is 4. The van der Waals surface area contributed by atoms with E-state index >= 15 is 0 Å². The molecule has 3 N–H and O–H groups in total. The number of aliphatic hydroxyl groups is 1. The molecule has 4 nitrogen and oxygen atoms in total. The second-order valence-electron chi connectivity index (χ2n) is 4.56. The van der Waals surface area contributed by atoms with E-state index in [2.05, 4.69) is 4.90 Å². The van der Waals surface area contributed by atoms with E-state index < -0.39 is 0 Å². The van der Waals surface area contributed by atoms with E-state index in [0.29, 0.717) is 6.04 Å². The van der Waals surface area contributed by atoms with Gasteiger partial charge in [-0.05, 0) is 37.1 Å². The molecule has 0 aromatic heterocycles. The third-order valence-electron chi connectivity index (χ3n) is 3.32. The Hall–Kier alpha value is -1.26. The molecule has 0 bridgehead atoms. The number of nitrogen functional groups attached to an aromatic ring is 1. The first kappa shape index (κ1) is 12.2. The number of aliphatic hydroxyl groups excluding tert-OH is 1. The number of likely N-dealkylation sites (tertiary alicyclic amines) is 1. The molecule has 1 aromatic carbocycles. The molecule has 2 rings (SSSR count). The summed E-state index contributed by atoms with van der Waals surface area (Å²) in [6.07, 6.45) is 2.24. The molecular formula is C13H20N2O2. The number of rotatable bonds is 4. The highest BCUT2D eigenvalue weighted by Crippen LogP contribution is 2.23. The molecule has 1 saturated heterocycles. The van der Waals surface area contributed by atoms with Gasteiger partial charge in [0.05, 0.1) is 13.7 Å². The van der Waals surface area contributed by atoms with E-state index in [1.807, 2.05) is 18.2 Å². The van der Waals surface area contributed by atoms with Crippen LogP contribution in [0.2, 0.25) is 0 Å². The van der Waals surface area contributed by atoms with Crippen LogP contribution in [0.3, 0.4) is 0 Å². The van der Waals surface area contributed by atoms with E-state index in [1.54, 1.807) is 7.11 Å². The van der Waals surface area contributed by atoms with Crippen LogP contribution < -0.4 is 10.5 Å². The molecular weight excluding hydrogens is 216 g/mol. The highest BCUT2D eigenvalue weighted by Gasteiger charge is 2.23. The van der Waals surface area contributed by atoms with Crippen LogP contribution in [-0.2, 0) is 6.54 Å². The molecule has 1 fully saturated rings. The van der Waals surface area contributed by atoms with Gasteiger partial charge in [-0.25, -0.2) is 0 Å². The standard InChI is InChI=1S/C13H20N2O2/c1-17-13-6-10(5-11(14)7-13)8-15-4-2-3-12(15)9-16/h5-7,12,16H,2-4,8-9,14H2,1H3. The molecule has 1 unspecified atom stereocenters. The third-order valence-corrected chi connectivity index (χ3v) is 3.32. The average molecular weight is 236 g/mol. The fourth-order valence-corrected chi connectivity index (χ4v) is 2.44. The Labute approximate surface area is 102 Å². The Bertz CT molecular complexity index is 382. The topological polar surface area (TPSA) is 58.7 Å². The first-order chi connectivity index (χ1) is 8.22. The van der Waals surface area contributed by atoms with Crippen molar-refractivity contribution >= 4 is 5.69 Å². The molecule has 0 spiro atoms. The average Bonchev–Trinajstić information content (AvgIpc) is 2.75. The molecule has 94 valence electrons. The van der Waals surface area contributed by atoms with E-state index in [4.69, 9.17) is 10.5 Å². The van der Waals surface area contributed by atoms with Crippen molar-refractivity contribution < 1.29 is 9.84 Å². The van der Waals surface area contributed by atoms with Gasteiger partial charge < -0.3 is 15.6 Å². The number of anilines is 1. The van der Waals surface area contributed by atoms with E-state index in [0.717, 1.165) is 42.9 Å². The minimum absolute atomic E-state index is 0.236. The number of hydrogen-bond donors (Lipinski definition) is 2. The van der Waals surface area contributed by atoms with Crippen LogP contribution in [0.15, 0.2) is 18.2 Å². The summed E-state index contributed by atoms with van der Waals surface area (Å²) in [6.45, 7) is 2.11. The van der Waals surface area contributed by atoms with Gasteiger partial charge in [0.1, 0.15) is 5.75 Å². The number of nitrogens with zero attached hydrogens (tertiary/aromatic N) is 1. The van der Waals surface area contributed by atoms with Gasteiger partial charge in [0.15, 0.2) is 0 Å². The van der Waals surface area contributed by atoms with E-state index in [1.165, 1.54) is 0 Å². The molecule has 1 aromatic rings. The molecule has 0 aliphatic carbocycles. The predicted molar refractivity (Wildman–Crippen MR) is 67.9 cm³/mol. The zero-order valence-electron chi connectivity index (χ0n) is 10.2. The lowest BCUT2D eigenvalue weighted by atomic mass is 10.1. The number of benzene rings is 1. The summed E-state index contributed by atoms with van der Waals surface area (Å²) in [6, 6.07) is 6.08. The highest BCUT2D eigenvalue weighted by molar-refractivity contribution is 5.47. The fourth-order valence-electron chi connectivity index (χ4n) is 2.44. The van der Waals surface area contributed by atoms with Crippen molar-refractivity contribution in [1.29, 1.82) is 0 Å². The molecule has 1 heterocycles. The molecule has 17 heavy (non-hydrogen) atoms. The molecule has 0 radical (unpaired) electrons. The Morgan fingerprint density at radius 1 is 1.47 bits per heavy atom. The molecule has 0 amide bonds. The summed E-state index contributed by atoms with van der Waals surface area (Å²) in [5.74, 6) is 0.791. The molecule has 1 aliphatic rings. The van der Waals surface area contributed by atoms with Crippen molar-refractivity contribution in [1.82, 2.24) is 4.90 Å². The first-order valence-corrected chi connectivity index (χ1v) is 6.01. The number of methoxy groups -OCH3 is 1. The highest BCUT2D eigenvalue weighted by atomic mass is 16.5. The van der Waals surface area contributed by atoms with Crippen molar-refractivity contribution in [3.05, 3.63) is 23.8 Å². The van der Waals surface area contributed by atoms with Crippen molar-refractivity contribution in [2.45, 2.75) is 25.4 Å². The van der Waals surface area contributed by atoms with Gasteiger partial charge in [-0.1, -0.05) is 0 Å². The van der Waals surface area contributed by atoms with Crippen LogP contribution in [0.5, 0.6) is 5.75 Å².